The van der Waals surface area contributed by atoms with Gasteiger partial charge in [0.05, 0.1) is 0 Å². The molecule has 0 aromatic heterocycles. The average molecular weight is 248 g/mol. The third kappa shape index (κ3) is 2.19. The molecule has 3 rings (SSSR count). The summed E-state index contributed by atoms with van der Waals surface area (Å²) in [6, 6.07) is 20.3. The second-order valence-electron chi connectivity index (χ2n) is 4.90. The number of hydrogen-bond donors (Lipinski definition) is 1. The van der Waals surface area contributed by atoms with Crippen molar-refractivity contribution in [2.75, 3.05) is 0 Å². The lowest BCUT2D eigenvalue weighted by Gasteiger charge is -2.12. The molecule has 1 heteroatoms. The fourth-order valence-corrected chi connectivity index (χ4v) is 2.59. The Hall–Kier alpha value is -2.28. The van der Waals surface area contributed by atoms with Gasteiger partial charge in [-0.05, 0) is 41.5 Å². The molecule has 0 spiro atoms. The zero-order valence-electron chi connectivity index (χ0n) is 10.9. The summed E-state index contributed by atoms with van der Waals surface area (Å²) >= 11 is 0. The summed E-state index contributed by atoms with van der Waals surface area (Å²) in [7, 11) is 0. The first-order valence-electron chi connectivity index (χ1n) is 6.50. The van der Waals surface area contributed by atoms with Crippen molar-refractivity contribution in [1.29, 1.82) is 0 Å². The lowest BCUT2D eigenvalue weighted by Crippen LogP contribution is -1.94. The van der Waals surface area contributed by atoms with Gasteiger partial charge in [-0.3, -0.25) is 0 Å². The van der Waals surface area contributed by atoms with Gasteiger partial charge in [-0.25, -0.2) is 0 Å². The number of phenols is 1. The molecule has 0 bridgehead atoms. The van der Waals surface area contributed by atoms with Crippen LogP contribution in [0.2, 0.25) is 0 Å². The summed E-state index contributed by atoms with van der Waals surface area (Å²) in [5, 5.41) is 12.1. The van der Waals surface area contributed by atoms with E-state index in [1.165, 1.54) is 11.1 Å². The molecule has 0 amide bonds. The Morgan fingerprint density at radius 1 is 0.842 bits per heavy atom. The van der Waals surface area contributed by atoms with Crippen LogP contribution in [-0.4, -0.2) is 5.11 Å². The highest BCUT2D eigenvalue weighted by Crippen LogP contribution is 2.31. The molecular weight excluding hydrogens is 232 g/mol. The number of aryl methyl sites for hydroxylation is 1. The lowest BCUT2D eigenvalue weighted by atomic mass is 9.94. The largest absolute Gasteiger partial charge is 0.507 e. The monoisotopic (exact) mass is 248 g/mol. The van der Waals surface area contributed by atoms with Gasteiger partial charge in [0.25, 0.3) is 0 Å². The van der Waals surface area contributed by atoms with E-state index in [2.05, 4.69) is 37.3 Å². The molecule has 3 aromatic carbocycles. The quantitative estimate of drug-likeness (QED) is 0.710. The van der Waals surface area contributed by atoms with Gasteiger partial charge in [-0.1, -0.05) is 54.6 Å². The Bertz CT molecular complexity index is 714. The molecule has 0 saturated carbocycles. The molecule has 0 aliphatic rings. The number of rotatable bonds is 2. The van der Waals surface area contributed by atoms with Crippen LogP contribution in [0, 0.1) is 6.92 Å². The summed E-state index contributed by atoms with van der Waals surface area (Å²) in [5.74, 6) is 0.366. The molecule has 0 saturated heterocycles. The normalized spacial score (nSPS) is 10.8. The zero-order valence-corrected chi connectivity index (χ0v) is 10.9. The Labute approximate surface area is 113 Å². The van der Waals surface area contributed by atoms with E-state index in [0.717, 1.165) is 22.8 Å². The second-order valence-corrected chi connectivity index (χ2v) is 4.90. The van der Waals surface area contributed by atoms with Crippen molar-refractivity contribution < 1.29 is 5.11 Å². The van der Waals surface area contributed by atoms with Gasteiger partial charge < -0.3 is 5.11 Å². The molecule has 0 aliphatic carbocycles. The Balaban J connectivity index is 2.18. The molecule has 1 N–H and O–H groups in total. The van der Waals surface area contributed by atoms with Crippen molar-refractivity contribution in [3.8, 4) is 5.75 Å². The third-order valence-corrected chi connectivity index (χ3v) is 3.58. The molecule has 19 heavy (non-hydrogen) atoms. The molecule has 0 heterocycles. The number of aromatic hydroxyl groups is 1. The fraction of sp³-hybridized carbons (Fsp3) is 0.111. The van der Waals surface area contributed by atoms with E-state index in [4.69, 9.17) is 0 Å². The summed E-state index contributed by atoms with van der Waals surface area (Å²) in [6.07, 6.45) is 0.896. The standard InChI is InChI=1S/C18H16O/c1-13-11-18(19)16-10-6-5-9-15(16)17(13)12-14-7-3-2-4-8-14/h2-11,19H,12H2,1H3. The third-order valence-electron chi connectivity index (χ3n) is 3.58. The Morgan fingerprint density at radius 3 is 2.21 bits per heavy atom. The topological polar surface area (TPSA) is 20.2 Å². The minimum absolute atomic E-state index is 0.366. The van der Waals surface area contributed by atoms with Crippen molar-refractivity contribution in [1.82, 2.24) is 0 Å². The van der Waals surface area contributed by atoms with Crippen molar-refractivity contribution >= 4 is 10.8 Å². The van der Waals surface area contributed by atoms with E-state index in [-0.39, 0.29) is 0 Å². The molecule has 3 aromatic rings. The predicted octanol–water partition coefficient (Wildman–Crippen LogP) is 4.44. The van der Waals surface area contributed by atoms with Gasteiger partial charge >= 0.3 is 0 Å². The minimum atomic E-state index is 0.366. The second kappa shape index (κ2) is 4.77. The summed E-state index contributed by atoms with van der Waals surface area (Å²) in [6.45, 7) is 2.06. The first kappa shape index (κ1) is 11.8. The average Bonchev–Trinajstić information content (AvgIpc) is 2.45. The van der Waals surface area contributed by atoms with E-state index in [1.807, 2.05) is 30.3 Å². The highest BCUT2D eigenvalue weighted by atomic mass is 16.3. The van der Waals surface area contributed by atoms with Crippen LogP contribution in [0.15, 0.2) is 60.7 Å². The number of hydrogen-bond acceptors (Lipinski definition) is 1. The first-order valence-corrected chi connectivity index (χ1v) is 6.50. The van der Waals surface area contributed by atoms with Crippen LogP contribution in [0.1, 0.15) is 16.7 Å². The Morgan fingerprint density at radius 2 is 1.47 bits per heavy atom. The van der Waals surface area contributed by atoms with Crippen LogP contribution in [0.5, 0.6) is 5.75 Å². The van der Waals surface area contributed by atoms with Crippen molar-refractivity contribution in [3.05, 3.63) is 77.4 Å². The van der Waals surface area contributed by atoms with E-state index < -0.39 is 0 Å². The van der Waals surface area contributed by atoms with E-state index in [0.29, 0.717) is 5.75 Å². The van der Waals surface area contributed by atoms with Crippen LogP contribution in [0.4, 0.5) is 0 Å². The van der Waals surface area contributed by atoms with Crippen molar-refractivity contribution in [2.45, 2.75) is 13.3 Å². The first-order chi connectivity index (χ1) is 9.25. The fourth-order valence-electron chi connectivity index (χ4n) is 2.59. The maximum Gasteiger partial charge on any atom is 0.123 e. The maximum absolute atomic E-state index is 10.0. The predicted molar refractivity (Wildman–Crippen MR) is 79.6 cm³/mol. The van der Waals surface area contributed by atoms with E-state index in [9.17, 15) is 5.11 Å². The van der Waals surface area contributed by atoms with Crippen LogP contribution < -0.4 is 0 Å². The van der Waals surface area contributed by atoms with Gasteiger partial charge in [0, 0.05) is 5.39 Å². The number of benzene rings is 3. The molecule has 0 radical (unpaired) electrons. The van der Waals surface area contributed by atoms with E-state index in [1.54, 1.807) is 0 Å². The smallest absolute Gasteiger partial charge is 0.123 e. The molecule has 1 nitrogen and oxygen atoms in total. The molecular formula is C18H16O. The van der Waals surface area contributed by atoms with Crippen LogP contribution in [-0.2, 0) is 6.42 Å². The van der Waals surface area contributed by atoms with Gasteiger partial charge in [0.15, 0.2) is 0 Å². The summed E-state index contributed by atoms with van der Waals surface area (Å²) < 4.78 is 0. The highest BCUT2D eigenvalue weighted by Gasteiger charge is 2.09. The lowest BCUT2D eigenvalue weighted by molar-refractivity contribution is 0.481. The van der Waals surface area contributed by atoms with Gasteiger partial charge in [0.1, 0.15) is 5.75 Å². The SMILES string of the molecule is Cc1cc(O)c2ccccc2c1Cc1ccccc1. The highest BCUT2D eigenvalue weighted by molar-refractivity contribution is 5.92. The summed E-state index contributed by atoms with van der Waals surface area (Å²) in [4.78, 5) is 0. The molecule has 0 fully saturated rings. The maximum atomic E-state index is 10.0. The number of phenolic OH excluding ortho intramolecular Hbond substituents is 1. The van der Waals surface area contributed by atoms with Gasteiger partial charge in [-0.2, -0.15) is 0 Å². The molecule has 0 unspecified atom stereocenters. The summed E-state index contributed by atoms with van der Waals surface area (Å²) in [5.41, 5.74) is 3.72. The zero-order chi connectivity index (χ0) is 13.2. The van der Waals surface area contributed by atoms with Gasteiger partial charge in [-0.15, -0.1) is 0 Å². The molecule has 0 aliphatic heterocycles. The van der Waals surface area contributed by atoms with Crippen LogP contribution >= 0.6 is 0 Å². The minimum Gasteiger partial charge on any atom is -0.507 e. The van der Waals surface area contributed by atoms with Crippen LogP contribution in [0.3, 0.4) is 0 Å². The van der Waals surface area contributed by atoms with Crippen molar-refractivity contribution in [2.24, 2.45) is 0 Å². The van der Waals surface area contributed by atoms with E-state index >= 15 is 0 Å². The molecule has 94 valence electrons. The van der Waals surface area contributed by atoms with Gasteiger partial charge in [0.2, 0.25) is 0 Å². The number of fused-ring (bicyclic) bond motifs is 1. The molecule has 0 atom stereocenters. The Kier molecular flexibility index (Phi) is 2.96. The van der Waals surface area contributed by atoms with Crippen LogP contribution in [0.25, 0.3) is 10.8 Å². The van der Waals surface area contributed by atoms with Crippen molar-refractivity contribution in [3.63, 3.8) is 0 Å².